The van der Waals surface area contributed by atoms with E-state index in [1.807, 2.05) is 12.1 Å². The maximum absolute atomic E-state index is 12.5. The lowest BCUT2D eigenvalue weighted by molar-refractivity contribution is 0.220. The van der Waals surface area contributed by atoms with E-state index in [0.717, 1.165) is 24.8 Å². The quantitative estimate of drug-likeness (QED) is 0.584. The van der Waals surface area contributed by atoms with Crippen molar-refractivity contribution in [2.24, 2.45) is 0 Å². The molecule has 2 amide bonds. The molecule has 1 aliphatic carbocycles. The summed E-state index contributed by atoms with van der Waals surface area (Å²) >= 11 is 0. The van der Waals surface area contributed by atoms with Crippen LogP contribution in [-0.2, 0) is 19.6 Å². The van der Waals surface area contributed by atoms with Gasteiger partial charge in [-0.2, -0.15) is 4.98 Å². The van der Waals surface area contributed by atoms with Gasteiger partial charge in [0.15, 0.2) is 6.61 Å². The number of carbonyl (C=O) groups excluding carboxylic acids is 1. The topological polar surface area (TPSA) is 80.5 Å². The number of ether oxygens (including phenoxy) is 1. The van der Waals surface area contributed by atoms with Gasteiger partial charge in [0.1, 0.15) is 5.75 Å². The molecule has 3 aromatic rings. The minimum Gasteiger partial charge on any atom is -0.485 e. The molecule has 7 nitrogen and oxygen atoms in total. The average molecular weight is 406 g/mol. The van der Waals surface area contributed by atoms with Gasteiger partial charge in [-0.15, -0.1) is 0 Å². The Morgan fingerprint density at radius 3 is 2.50 bits per heavy atom. The number of urea groups is 1. The van der Waals surface area contributed by atoms with Gasteiger partial charge in [0.05, 0.1) is 0 Å². The Hall–Kier alpha value is -3.35. The molecule has 156 valence electrons. The van der Waals surface area contributed by atoms with Crippen molar-refractivity contribution in [3.05, 3.63) is 71.4 Å². The van der Waals surface area contributed by atoms with Crippen molar-refractivity contribution in [3.8, 4) is 5.75 Å². The molecule has 4 rings (SSSR count). The molecule has 1 fully saturated rings. The zero-order valence-corrected chi connectivity index (χ0v) is 17.3. The number of hydrogen-bond donors (Lipinski definition) is 1. The van der Waals surface area contributed by atoms with E-state index in [4.69, 9.17) is 9.26 Å². The summed E-state index contributed by atoms with van der Waals surface area (Å²) in [6.45, 7) is 2.92. The SMILES string of the molecule is CCc1ccc(CN(C)C(=O)Nc2ccc(OCc3noc(C4CC4)n3)cc2)cc1. The molecule has 0 bridgehead atoms. The van der Waals surface area contributed by atoms with Crippen molar-refractivity contribution < 1.29 is 14.1 Å². The first kappa shape index (κ1) is 19.9. The summed E-state index contributed by atoms with van der Waals surface area (Å²) in [5.41, 5.74) is 3.09. The molecule has 1 aliphatic rings. The van der Waals surface area contributed by atoms with Crippen LogP contribution >= 0.6 is 0 Å². The highest BCUT2D eigenvalue weighted by molar-refractivity contribution is 5.89. The second-order valence-corrected chi connectivity index (χ2v) is 7.59. The first-order chi connectivity index (χ1) is 14.6. The fraction of sp³-hybridized carbons (Fsp3) is 0.348. The molecule has 30 heavy (non-hydrogen) atoms. The van der Waals surface area contributed by atoms with E-state index in [-0.39, 0.29) is 12.6 Å². The molecule has 1 heterocycles. The highest BCUT2D eigenvalue weighted by Crippen LogP contribution is 2.38. The zero-order chi connectivity index (χ0) is 20.9. The third kappa shape index (κ3) is 5.17. The second-order valence-electron chi connectivity index (χ2n) is 7.59. The number of nitrogens with one attached hydrogen (secondary N) is 1. The molecular formula is C23H26N4O3. The summed E-state index contributed by atoms with van der Waals surface area (Å²) in [6.07, 6.45) is 3.25. The van der Waals surface area contributed by atoms with Crippen LogP contribution in [-0.4, -0.2) is 28.1 Å². The lowest BCUT2D eigenvalue weighted by Gasteiger charge is -2.18. The molecule has 1 N–H and O–H groups in total. The van der Waals surface area contributed by atoms with Crippen LogP contribution in [0.4, 0.5) is 10.5 Å². The summed E-state index contributed by atoms with van der Waals surface area (Å²) in [5.74, 6) is 2.36. The zero-order valence-electron chi connectivity index (χ0n) is 17.3. The number of benzene rings is 2. The van der Waals surface area contributed by atoms with Crippen molar-refractivity contribution in [1.29, 1.82) is 0 Å². The van der Waals surface area contributed by atoms with Gasteiger partial charge in [0.2, 0.25) is 11.7 Å². The maximum Gasteiger partial charge on any atom is 0.321 e. The van der Waals surface area contributed by atoms with E-state index in [1.165, 1.54) is 5.56 Å². The van der Waals surface area contributed by atoms with Crippen LogP contribution in [0.3, 0.4) is 0 Å². The molecule has 0 saturated heterocycles. The monoisotopic (exact) mass is 406 g/mol. The van der Waals surface area contributed by atoms with Crippen molar-refractivity contribution >= 4 is 11.7 Å². The number of anilines is 1. The predicted octanol–water partition coefficient (Wildman–Crippen LogP) is 4.75. The normalized spacial score (nSPS) is 13.1. The number of hydrogen-bond acceptors (Lipinski definition) is 5. The van der Waals surface area contributed by atoms with Gasteiger partial charge < -0.3 is 19.5 Å². The van der Waals surface area contributed by atoms with Gasteiger partial charge in [-0.25, -0.2) is 4.79 Å². The fourth-order valence-electron chi connectivity index (χ4n) is 3.05. The lowest BCUT2D eigenvalue weighted by atomic mass is 10.1. The summed E-state index contributed by atoms with van der Waals surface area (Å²) in [6, 6.07) is 15.4. The number of carbonyl (C=O) groups is 1. The van der Waals surface area contributed by atoms with E-state index in [1.54, 1.807) is 24.1 Å². The summed E-state index contributed by atoms with van der Waals surface area (Å²) < 4.78 is 10.9. The van der Waals surface area contributed by atoms with Crippen LogP contribution in [0.15, 0.2) is 53.1 Å². The van der Waals surface area contributed by atoms with Gasteiger partial charge in [0, 0.05) is 25.2 Å². The van der Waals surface area contributed by atoms with Crippen molar-refractivity contribution in [1.82, 2.24) is 15.0 Å². The standard InChI is InChI=1S/C23H26N4O3/c1-3-16-4-6-17(7-5-16)14-27(2)23(28)24-19-10-12-20(13-11-19)29-15-21-25-22(30-26-21)18-8-9-18/h4-7,10-13,18H,3,8-9,14-15H2,1-2H3,(H,24,28). The maximum atomic E-state index is 12.5. The van der Waals surface area contributed by atoms with E-state index in [2.05, 4.69) is 46.6 Å². The van der Waals surface area contributed by atoms with Gasteiger partial charge in [0.25, 0.3) is 0 Å². The Balaban J connectivity index is 1.25. The van der Waals surface area contributed by atoms with Crippen LogP contribution in [0.2, 0.25) is 0 Å². The highest BCUT2D eigenvalue weighted by Gasteiger charge is 2.29. The Kier molecular flexibility index (Phi) is 5.97. The molecular weight excluding hydrogens is 380 g/mol. The van der Waals surface area contributed by atoms with Crippen LogP contribution in [0.1, 0.15) is 48.5 Å². The molecule has 0 radical (unpaired) electrons. The van der Waals surface area contributed by atoms with E-state index >= 15 is 0 Å². The molecule has 0 spiro atoms. The number of nitrogens with zero attached hydrogens (tertiary/aromatic N) is 3. The van der Waals surface area contributed by atoms with Gasteiger partial charge >= 0.3 is 6.03 Å². The highest BCUT2D eigenvalue weighted by atomic mass is 16.5. The smallest absolute Gasteiger partial charge is 0.321 e. The van der Waals surface area contributed by atoms with Crippen molar-refractivity contribution in [3.63, 3.8) is 0 Å². The van der Waals surface area contributed by atoms with Crippen molar-refractivity contribution in [2.75, 3.05) is 12.4 Å². The van der Waals surface area contributed by atoms with Gasteiger partial charge in [-0.3, -0.25) is 0 Å². The number of rotatable bonds is 8. The van der Waals surface area contributed by atoms with Crippen LogP contribution < -0.4 is 10.1 Å². The molecule has 1 saturated carbocycles. The van der Waals surface area contributed by atoms with Crippen LogP contribution in [0, 0.1) is 0 Å². The number of amides is 2. The molecule has 0 aliphatic heterocycles. The van der Waals surface area contributed by atoms with E-state index < -0.39 is 0 Å². The summed E-state index contributed by atoms with van der Waals surface area (Å²) in [7, 11) is 1.78. The lowest BCUT2D eigenvalue weighted by Crippen LogP contribution is -2.30. The van der Waals surface area contributed by atoms with Gasteiger partial charge in [-0.1, -0.05) is 36.3 Å². The van der Waals surface area contributed by atoms with Crippen molar-refractivity contribution in [2.45, 2.75) is 45.3 Å². The fourth-order valence-corrected chi connectivity index (χ4v) is 3.05. The molecule has 7 heteroatoms. The summed E-state index contributed by atoms with van der Waals surface area (Å²) in [5, 5.41) is 6.84. The Morgan fingerprint density at radius 2 is 1.83 bits per heavy atom. The molecule has 0 unspecified atom stereocenters. The Bertz CT molecular complexity index is 978. The Morgan fingerprint density at radius 1 is 1.13 bits per heavy atom. The third-order valence-electron chi connectivity index (χ3n) is 5.08. The van der Waals surface area contributed by atoms with E-state index in [9.17, 15) is 4.79 Å². The van der Waals surface area contributed by atoms with Gasteiger partial charge in [-0.05, 0) is 54.7 Å². The minimum absolute atomic E-state index is 0.164. The summed E-state index contributed by atoms with van der Waals surface area (Å²) in [4.78, 5) is 18.4. The molecule has 1 aromatic heterocycles. The minimum atomic E-state index is -0.164. The van der Waals surface area contributed by atoms with Crippen LogP contribution in [0.5, 0.6) is 5.75 Å². The number of aromatic nitrogens is 2. The second kappa shape index (κ2) is 8.98. The molecule has 0 atom stereocenters. The average Bonchev–Trinajstić information content (AvgIpc) is 3.51. The third-order valence-corrected chi connectivity index (χ3v) is 5.08. The number of aryl methyl sites for hydroxylation is 1. The van der Waals surface area contributed by atoms with E-state index in [0.29, 0.717) is 35.6 Å². The van der Waals surface area contributed by atoms with Crippen LogP contribution in [0.25, 0.3) is 0 Å². The first-order valence-electron chi connectivity index (χ1n) is 10.3. The first-order valence-corrected chi connectivity index (χ1v) is 10.3. The Labute approximate surface area is 176 Å². The predicted molar refractivity (Wildman–Crippen MR) is 113 cm³/mol. The largest absolute Gasteiger partial charge is 0.485 e. The molecule has 2 aromatic carbocycles.